The molecule has 0 aromatic carbocycles. The Morgan fingerprint density at radius 1 is 1.33 bits per heavy atom. The molecule has 0 aliphatic carbocycles. The number of nitrogens with zero attached hydrogens (tertiary/aromatic N) is 1. The Bertz CT molecular complexity index is 340. The lowest BCUT2D eigenvalue weighted by atomic mass is 9.91. The van der Waals surface area contributed by atoms with Crippen molar-refractivity contribution in [1.82, 2.24) is 10.2 Å². The minimum Gasteiger partial charge on any atom is -0.380 e. The lowest BCUT2D eigenvalue weighted by Gasteiger charge is -2.33. The van der Waals surface area contributed by atoms with Crippen LogP contribution < -0.4 is 5.32 Å². The molecule has 1 aliphatic heterocycles. The van der Waals surface area contributed by atoms with Crippen LogP contribution in [-0.4, -0.2) is 62.9 Å². The number of nitrogens with one attached hydrogen (secondary N) is 1. The van der Waals surface area contributed by atoms with Crippen molar-refractivity contribution in [2.24, 2.45) is 11.3 Å². The van der Waals surface area contributed by atoms with E-state index >= 15 is 0 Å². The number of rotatable bonds is 9. The molecule has 1 atom stereocenters. The van der Waals surface area contributed by atoms with Crippen molar-refractivity contribution in [3.8, 4) is 0 Å². The van der Waals surface area contributed by atoms with Gasteiger partial charge >= 0.3 is 0 Å². The number of hydrogen-bond acceptors (Lipinski definition) is 4. The summed E-state index contributed by atoms with van der Waals surface area (Å²) in [5.74, 6) is 0.115. The second kappa shape index (κ2) is 11.8. The van der Waals surface area contributed by atoms with Gasteiger partial charge in [0.1, 0.15) is 0 Å². The summed E-state index contributed by atoms with van der Waals surface area (Å²) in [4.78, 5) is 14.0. The molecular weight excluding hydrogens is 304 g/mol. The number of carbonyl (C=O) groups excluding carboxylic acids is 1. The van der Waals surface area contributed by atoms with Crippen molar-refractivity contribution in [2.75, 3.05) is 46.0 Å². The molecule has 1 heterocycles. The van der Waals surface area contributed by atoms with E-state index in [9.17, 15) is 4.79 Å². The highest BCUT2D eigenvalue weighted by atomic mass is 16.5. The van der Waals surface area contributed by atoms with E-state index in [2.05, 4.69) is 31.0 Å². The fourth-order valence-corrected chi connectivity index (χ4v) is 2.53. The van der Waals surface area contributed by atoms with Crippen LogP contribution in [0.3, 0.4) is 0 Å². The Kier molecular flexibility index (Phi) is 11.5. The van der Waals surface area contributed by atoms with E-state index in [1.54, 1.807) is 0 Å². The Morgan fingerprint density at radius 3 is 2.67 bits per heavy atom. The van der Waals surface area contributed by atoms with Gasteiger partial charge in [0.2, 0.25) is 5.91 Å². The van der Waals surface area contributed by atoms with Crippen LogP contribution in [-0.2, 0) is 14.3 Å². The van der Waals surface area contributed by atoms with Crippen LogP contribution in [0.4, 0.5) is 0 Å². The molecule has 5 nitrogen and oxygen atoms in total. The molecule has 0 bridgehead atoms. The van der Waals surface area contributed by atoms with E-state index in [4.69, 9.17) is 9.47 Å². The zero-order valence-electron chi connectivity index (χ0n) is 15.7. The molecule has 0 saturated carbocycles. The van der Waals surface area contributed by atoms with Gasteiger partial charge in [0.15, 0.2) is 0 Å². The lowest BCUT2D eigenvalue weighted by Crippen LogP contribution is -2.48. The van der Waals surface area contributed by atoms with Gasteiger partial charge in [-0.05, 0) is 18.3 Å². The summed E-state index contributed by atoms with van der Waals surface area (Å²) in [6, 6.07) is 0. The quantitative estimate of drug-likeness (QED) is 0.654. The first-order valence-corrected chi connectivity index (χ1v) is 8.97. The van der Waals surface area contributed by atoms with E-state index < -0.39 is 0 Å². The fourth-order valence-electron chi connectivity index (χ4n) is 2.53. The van der Waals surface area contributed by atoms with Crippen molar-refractivity contribution in [3.05, 3.63) is 0 Å². The van der Waals surface area contributed by atoms with Crippen LogP contribution in [0.5, 0.6) is 0 Å². The minimum absolute atomic E-state index is 0. The van der Waals surface area contributed by atoms with Crippen LogP contribution in [0.25, 0.3) is 0 Å². The second-order valence-corrected chi connectivity index (χ2v) is 7.97. The van der Waals surface area contributed by atoms with Gasteiger partial charge in [-0.2, -0.15) is 0 Å². The van der Waals surface area contributed by atoms with Gasteiger partial charge in [0.05, 0.1) is 19.3 Å². The Hall–Kier alpha value is -0.650. The van der Waals surface area contributed by atoms with E-state index in [-0.39, 0.29) is 25.4 Å². The number of amides is 1. The maximum atomic E-state index is 11.6. The van der Waals surface area contributed by atoms with Crippen LogP contribution in [0.1, 0.15) is 54.9 Å². The van der Waals surface area contributed by atoms with E-state index in [0.29, 0.717) is 12.0 Å². The molecule has 24 heavy (non-hydrogen) atoms. The minimum atomic E-state index is 0. The van der Waals surface area contributed by atoms with Gasteiger partial charge in [0, 0.05) is 38.7 Å². The molecule has 0 aromatic rings. The average Bonchev–Trinajstić information content (AvgIpc) is 2.47. The molecule has 0 radical (unpaired) electrons. The van der Waals surface area contributed by atoms with E-state index in [1.165, 1.54) is 6.42 Å². The summed E-state index contributed by atoms with van der Waals surface area (Å²) >= 11 is 0. The third-order valence-electron chi connectivity index (χ3n) is 4.02. The fraction of sp³-hybridized carbons (Fsp3) is 0.947. The topological polar surface area (TPSA) is 50.8 Å². The highest BCUT2D eigenvalue weighted by Gasteiger charge is 2.21. The van der Waals surface area contributed by atoms with Crippen LogP contribution in [0, 0.1) is 11.3 Å². The van der Waals surface area contributed by atoms with Crippen LogP contribution in [0.2, 0.25) is 0 Å². The molecule has 1 fully saturated rings. The van der Waals surface area contributed by atoms with Crippen molar-refractivity contribution in [3.63, 3.8) is 0 Å². The predicted molar refractivity (Wildman–Crippen MR) is 100 cm³/mol. The van der Waals surface area contributed by atoms with Crippen LogP contribution >= 0.6 is 0 Å². The molecule has 1 N–H and O–H groups in total. The number of ether oxygens (including phenoxy) is 2. The molecular formula is C19H40N2O3. The molecule has 0 unspecified atom stereocenters. The first-order chi connectivity index (χ1) is 10.8. The largest absolute Gasteiger partial charge is 0.380 e. The molecule has 0 spiro atoms. The highest BCUT2D eigenvalue weighted by Crippen LogP contribution is 2.20. The van der Waals surface area contributed by atoms with Crippen molar-refractivity contribution in [2.45, 2.75) is 61.0 Å². The van der Waals surface area contributed by atoms with Gasteiger partial charge < -0.3 is 14.8 Å². The van der Waals surface area contributed by atoms with Crippen molar-refractivity contribution >= 4 is 5.91 Å². The summed E-state index contributed by atoms with van der Waals surface area (Å²) in [6.45, 7) is 16.3. The third-order valence-corrected chi connectivity index (χ3v) is 4.02. The smallest absolute Gasteiger partial charge is 0.222 e. The molecule has 0 aromatic heterocycles. The van der Waals surface area contributed by atoms with Gasteiger partial charge in [-0.3, -0.25) is 9.69 Å². The monoisotopic (exact) mass is 344 g/mol. The van der Waals surface area contributed by atoms with Crippen LogP contribution in [0.15, 0.2) is 0 Å². The molecule has 1 amide bonds. The zero-order chi connectivity index (χ0) is 17.3. The third kappa shape index (κ3) is 11.0. The molecule has 5 heteroatoms. The second-order valence-electron chi connectivity index (χ2n) is 7.97. The maximum absolute atomic E-state index is 11.6. The SMILES string of the molecule is C.CC(C)C(=O)NC[C@H]1CN(CCOCCCC(C)(C)C)CCO1. The van der Waals surface area contributed by atoms with Gasteiger partial charge in [-0.1, -0.05) is 42.0 Å². The molecule has 1 rings (SSSR count). The summed E-state index contributed by atoms with van der Waals surface area (Å²) in [6.07, 6.45) is 2.41. The summed E-state index contributed by atoms with van der Waals surface area (Å²) in [5.41, 5.74) is 0.390. The average molecular weight is 345 g/mol. The normalized spacial score (nSPS) is 19.2. The number of hydrogen-bond donors (Lipinski definition) is 1. The van der Waals surface area contributed by atoms with E-state index in [1.807, 2.05) is 13.8 Å². The summed E-state index contributed by atoms with van der Waals surface area (Å²) in [5, 5.41) is 2.95. The van der Waals surface area contributed by atoms with Gasteiger partial charge in [-0.25, -0.2) is 0 Å². The van der Waals surface area contributed by atoms with Gasteiger partial charge in [-0.15, -0.1) is 0 Å². The molecule has 1 saturated heterocycles. The zero-order valence-corrected chi connectivity index (χ0v) is 15.7. The molecule has 144 valence electrons. The lowest BCUT2D eigenvalue weighted by molar-refractivity contribution is -0.125. The first-order valence-electron chi connectivity index (χ1n) is 8.97. The Balaban J connectivity index is 0.00000529. The number of morpholine rings is 1. The predicted octanol–water partition coefficient (Wildman–Crippen LogP) is 2.94. The van der Waals surface area contributed by atoms with E-state index in [0.717, 1.165) is 45.9 Å². The standard InChI is InChI=1S/C18H36N2O3.CH4/c1-15(2)17(21)19-13-16-14-20(9-12-23-16)8-11-22-10-6-7-18(3,4)5;/h15-16H,6-14H2,1-5H3,(H,19,21);1H4/t16-;/m0./s1. The summed E-state index contributed by atoms with van der Waals surface area (Å²) in [7, 11) is 0. The highest BCUT2D eigenvalue weighted by molar-refractivity contribution is 5.77. The summed E-state index contributed by atoms with van der Waals surface area (Å²) < 4.78 is 11.5. The van der Waals surface area contributed by atoms with Crippen molar-refractivity contribution in [1.29, 1.82) is 0 Å². The Morgan fingerprint density at radius 2 is 2.04 bits per heavy atom. The maximum Gasteiger partial charge on any atom is 0.222 e. The first kappa shape index (κ1) is 23.4. The van der Waals surface area contributed by atoms with Crippen molar-refractivity contribution < 1.29 is 14.3 Å². The molecule has 1 aliphatic rings. The Labute approximate surface area is 149 Å². The number of carbonyl (C=O) groups is 1. The van der Waals surface area contributed by atoms with Gasteiger partial charge in [0.25, 0.3) is 0 Å².